The van der Waals surface area contributed by atoms with E-state index in [1.54, 1.807) is 13.0 Å². The first-order valence-electron chi connectivity index (χ1n) is 6.30. The van der Waals surface area contributed by atoms with Gasteiger partial charge < -0.3 is 9.64 Å². The van der Waals surface area contributed by atoms with Gasteiger partial charge in [0.05, 0.1) is 0 Å². The van der Waals surface area contributed by atoms with E-state index in [0.29, 0.717) is 5.75 Å². The minimum absolute atomic E-state index is 0.119. The van der Waals surface area contributed by atoms with Gasteiger partial charge in [-0.2, -0.15) is 0 Å². The van der Waals surface area contributed by atoms with E-state index in [1.807, 2.05) is 25.1 Å². The zero-order valence-electron chi connectivity index (χ0n) is 11.4. The number of amides is 3. The van der Waals surface area contributed by atoms with Gasteiger partial charge >= 0.3 is 0 Å². The van der Waals surface area contributed by atoms with Crippen LogP contribution in [0.3, 0.4) is 0 Å². The van der Waals surface area contributed by atoms with Gasteiger partial charge in [-0.15, -0.1) is 0 Å². The van der Waals surface area contributed by atoms with Crippen LogP contribution < -0.4 is 10.1 Å². The van der Waals surface area contributed by atoms with Crippen molar-refractivity contribution in [3.8, 4) is 5.75 Å². The Hall–Kier alpha value is -2.37. The van der Waals surface area contributed by atoms with E-state index in [4.69, 9.17) is 4.74 Å². The van der Waals surface area contributed by atoms with Crippen molar-refractivity contribution in [2.45, 2.75) is 20.0 Å². The average Bonchev–Trinajstić information content (AvgIpc) is 2.36. The van der Waals surface area contributed by atoms with E-state index in [1.165, 1.54) is 4.90 Å². The molecule has 0 spiro atoms. The largest absolute Gasteiger partial charge is 0.481 e. The number of aryl methyl sites for hydroxylation is 1. The molecule has 0 aromatic heterocycles. The van der Waals surface area contributed by atoms with Gasteiger partial charge in [0.1, 0.15) is 18.8 Å². The maximum Gasteiger partial charge on any atom is 0.264 e. The van der Waals surface area contributed by atoms with Crippen LogP contribution in [-0.4, -0.2) is 41.8 Å². The van der Waals surface area contributed by atoms with Gasteiger partial charge in [-0.05, 0) is 31.5 Å². The fourth-order valence-corrected chi connectivity index (χ4v) is 1.99. The summed E-state index contributed by atoms with van der Waals surface area (Å²) in [6, 6.07) is 7.33. The highest BCUT2D eigenvalue weighted by Crippen LogP contribution is 2.15. The maximum atomic E-state index is 12.1. The smallest absolute Gasteiger partial charge is 0.264 e. The van der Waals surface area contributed by atoms with Gasteiger partial charge in [-0.25, -0.2) is 0 Å². The van der Waals surface area contributed by atoms with Crippen LogP contribution in [0.25, 0.3) is 0 Å². The number of nitrogens with one attached hydrogen (secondary N) is 1. The number of carbonyl (C=O) groups excluding carboxylic acids is 3. The van der Waals surface area contributed by atoms with Gasteiger partial charge in [0.2, 0.25) is 11.8 Å². The summed E-state index contributed by atoms with van der Waals surface area (Å²) in [5, 5.41) is 2.15. The molecule has 20 heavy (non-hydrogen) atoms. The van der Waals surface area contributed by atoms with Crippen LogP contribution >= 0.6 is 0 Å². The third-order valence-corrected chi connectivity index (χ3v) is 2.91. The number of nitrogens with zero attached hydrogens (tertiary/aromatic N) is 1. The predicted octanol–water partition coefficient (Wildman–Crippen LogP) is 0.247. The van der Waals surface area contributed by atoms with Crippen molar-refractivity contribution < 1.29 is 19.1 Å². The van der Waals surface area contributed by atoms with Crippen LogP contribution in [0.2, 0.25) is 0 Å². The molecule has 1 aliphatic rings. The van der Waals surface area contributed by atoms with Crippen molar-refractivity contribution in [1.29, 1.82) is 0 Å². The molecule has 3 amide bonds. The summed E-state index contributed by atoms with van der Waals surface area (Å²) in [7, 11) is 0. The molecule has 2 rings (SSSR count). The van der Waals surface area contributed by atoms with Crippen molar-refractivity contribution in [3.05, 3.63) is 29.8 Å². The molecule has 6 heteroatoms. The Balaban J connectivity index is 2.01. The first-order chi connectivity index (χ1) is 9.45. The van der Waals surface area contributed by atoms with Crippen molar-refractivity contribution in [2.75, 3.05) is 13.1 Å². The van der Waals surface area contributed by atoms with E-state index in [9.17, 15) is 14.4 Å². The number of piperazine rings is 1. The normalized spacial score (nSPS) is 16.6. The van der Waals surface area contributed by atoms with Crippen molar-refractivity contribution >= 4 is 17.7 Å². The zero-order chi connectivity index (χ0) is 14.7. The first kappa shape index (κ1) is 14.0. The van der Waals surface area contributed by atoms with Gasteiger partial charge in [0.25, 0.3) is 5.91 Å². The molecule has 1 aromatic carbocycles. The molecule has 0 bridgehead atoms. The van der Waals surface area contributed by atoms with Gasteiger partial charge in [0.15, 0.2) is 6.10 Å². The third kappa shape index (κ3) is 3.34. The summed E-state index contributed by atoms with van der Waals surface area (Å²) in [6.45, 7) is 3.28. The van der Waals surface area contributed by atoms with Crippen LogP contribution in [0.15, 0.2) is 24.3 Å². The number of hydrogen-bond acceptors (Lipinski definition) is 4. The van der Waals surface area contributed by atoms with Gasteiger partial charge in [-0.3, -0.25) is 19.7 Å². The molecule has 1 atom stereocenters. The topological polar surface area (TPSA) is 75.7 Å². The van der Waals surface area contributed by atoms with Crippen LogP contribution in [0.4, 0.5) is 0 Å². The maximum absolute atomic E-state index is 12.1. The first-order valence-corrected chi connectivity index (χ1v) is 6.30. The van der Waals surface area contributed by atoms with E-state index >= 15 is 0 Å². The fraction of sp³-hybridized carbons (Fsp3) is 0.357. The molecule has 1 unspecified atom stereocenters. The number of carbonyl (C=O) groups is 3. The Labute approximate surface area is 116 Å². The average molecular weight is 276 g/mol. The Morgan fingerprint density at radius 2 is 1.95 bits per heavy atom. The molecule has 1 saturated heterocycles. The summed E-state index contributed by atoms with van der Waals surface area (Å²) >= 11 is 0. The summed E-state index contributed by atoms with van der Waals surface area (Å²) in [4.78, 5) is 35.8. The van der Waals surface area contributed by atoms with E-state index in [-0.39, 0.29) is 19.0 Å². The minimum Gasteiger partial charge on any atom is -0.481 e. The molecule has 1 aromatic rings. The van der Waals surface area contributed by atoms with Crippen molar-refractivity contribution in [2.24, 2.45) is 0 Å². The number of ether oxygens (including phenoxy) is 1. The number of imide groups is 1. The quantitative estimate of drug-likeness (QED) is 0.803. The lowest BCUT2D eigenvalue weighted by atomic mass is 10.2. The standard InChI is InChI=1S/C14H16N2O4/c1-9-4-3-5-11(6-9)20-10(2)14(19)16-7-12(17)15-13(18)8-16/h3-6,10H,7-8H2,1-2H3,(H,15,17,18). The van der Waals surface area contributed by atoms with Crippen molar-refractivity contribution in [1.82, 2.24) is 10.2 Å². The second-order valence-corrected chi connectivity index (χ2v) is 4.74. The van der Waals surface area contributed by atoms with E-state index in [0.717, 1.165) is 5.56 Å². The molecule has 6 nitrogen and oxygen atoms in total. The third-order valence-electron chi connectivity index (χ3n) is 2.91. The molecule has 1 N–H and O–H groups in total. The lowest BCUT2D eigenvalue weighted by molar-refractivity contribution is -0.148. The Morgan fingerprint density at radius 3 is 2.55 bits per heavy atom. The second-order valence-electron chi connectivity index (χ2n) is 4.74. The Kier molecular flexibility index (Phi) is 4.02. The zero-order valence-corrected chi connectivity index (χ0v) is 11.4. The highest BCUT2D eigenvalue weighted by molar-refractivity contribution is 6.02. The monoisotopic (exact) mass is 276 g/mol. The predicted molar refractivity (Wildman–Crippen MR) is 71.0 cm³/mol. The highest BCUT2D eigenvalue weighted by atomic mass is 16.5. The molecule has 106 valence electrons. The minimum atomic E-state index is -0.754. The summed E-state index contributed by atoms with van der Waals surface area (Å²) in [6.07, 6.45) is -0.754. The van der Waals surface area contributed by atoms with Crippen LogP contribution in [0, 0.1) is 6.92 Å². The van der Waals surface area contributed by atoms with Crippen molar-refractivity contribution in [3.63, 3.8) is 0 Å². The van der Waals surface area contributed by atoms with Crippen LogP contribution in [0.5, 0.6) is 5.75 Å². The SMILES string of the molecule is Cc1cccc(OC(C)C(=O)N2CC(=O)NC(=O)C2)c1. The van der Waals surface area contributed by atoms with Crippen LogP contribution in [-0.2, 0) is 14.4 Å². The molecular formula is C14H16N2O4. The number of rotatable bonds is 3. The lowest BCUT2D eigenvalue weighted by Crippen LogP contribution is -2.55. The molecule has 1 fully saturated rings. The number of hydrogen-bond donors (Lipinski definition) is 1. The Bertz CT molecular complexity index is 540. The molecule has 0 radical (unpaired) electrons. The summed E-state index contributed by atoms with van der Waals surface area (Å²) < 4.78 is 5.55. The Morgan fingerprint density at radius 1 is 1.30 bits per heavy atom. The fourth-order valence-electron chi connectivity index (χ4n) is 1.99. The van der Waals surface area contributed by atoms with E-state index < -0.39 is 17.9 Å². The summed E-state index contributed by atoms with van der Waals surface area (Å²) in [5.41, 5.74) is 1.02. The molecule has 1 aliphatic heterocycles. The van der Waals surface area contributed by atoms with Crippen LogP contribution in [0.1, 0.15) is 12.5 Å². The molecule has 0 saturated carbocycles. The molecule has 0 aliphatic carbocycles. The molecular weight excluding hydrogens is 260 g/mol. The lowest BCUT2D eigenvalue weighted by Gasteiger charge is -2.28. The van der Waals surface area contributed by atoms with Gasteiger partial charge in [0, 0.05) is 0 Å². The second kappa shape index (κ2) is 5.73. The highest BCUT2D eigenvalue weighted by Gasteiger charge is 2.30. The number of benzene rings is 1. The van der Waals surface area contributed by atoms with E-state index in [2.05, 4.69) is 5.32 Å². The van der Waals surface area contributed by atoms with Gasteiger partial charge in [-0.1, -0.05) is 12.1 Å². The summed E-state index contributed by atoms with van der Waals surface area (Å²) in [5.74, 6) is -0.747. The molecule has 1 heterocycles.